The van der Waals surface area contributed by atoms with Gasteiger partial charge in [0.2, 0.25) is 11.8 Å². The van der Waals surface area contributed by atoms with Crippen LogP contribution in [0.3, 0.4) is 0 Å². The molecule has 3 aromatic carbocycles. The number of nitrogens with zero attached hydrogens (tertiary/aromatic N) is 3. The zero-order chi connectivity index (χ0) is 23.5. The number of oxazole rings is 1. The maximum Gasteiger partial charge on any atom is 0.276 e. The van der Waals surface area contributed by atoms with E-state index in [2.05, 4.69) is 22.0 Å². The first kappa shape index (κ1) is 21.5. The summed E-state index contributed by atoms with van der Waals surface area (Å²) in [5.41, 5.74) is 8.61. The van der Waals surface area contributed by atoms with Crippen LogP contribution in [0.4, 0.5) is 5.69 Å². The molecule has 2 amide bonds. The lowest BCUT2D eigenvalue weighted by atomic mass is 10.1. The van der Waals surface area contributed by atoms with E-state index in [1.54, 1.807) is 24.3 Å². The first-order valence-electron chi connectivity index (χ1n) is 11.2. The Morgan fingerprint density at radius 3 is 2.00 bits per heavy atom. The molecule has 1 aliphatic heterocycles. The van der Waals surface area contributed by atoms with Crippen molar-refractivity contribution in [2.24, 2.45) is 5.73 Å². The van der Waals surface area contributed by atoms with E-state index in [1.807, 2.05) is 53.4 Å². The number of carbonyl (C=O) groups excluding carboxylic acids is 2. The van der Waals surface area contributed by atoms with Gasteiger partial charge in [-0.05, 0) is 36.4 Å². The second-order valence-electron chi connectivity index (χ2n) is 8.12. The van der Waals surface area contributed by atoms with E-state index in [0.29, 0.717) is 35.9 Å². The summed E-state index contributed by atoms with van der Waals surface area (Å²) in [6.45, 7) is 2.65. The molecule has 5 rings (SSSR count). The number of primary amides is 1. The molecule has 170 valence electrons. The summed E-state index contributed by atoms with van der Waals surface area (Å²) >= 11 is 0. The molecular weight excluding hydrogens is 428 g/mol. The molecule has 1 fully saturated rings. The summed E-state index contributed by atoms with van der Waals surface area (Å²) in [7, 11) is 0. The molecule has 0 unspecified atom stereocenters. The van der Waals surface area contributed by atoms with Gasteiger partial charge in [0.15, 0.2) is 11.5 Å². The highest BCUT2D eigenvalue weighted by Gasteiger charge is 2.29. The smallest absolute Gasteiger partial charge is 0.276 e. The minimum atomic E-state index is -0.512. The molecule has 7 heteroatoms. The normalized spacial score (nSPS) is 13.6. The topological polar surface area (TPSA) is 92.7 Å². The van der Waals surface area contributed by atoms with Crippen LogP contribution in [0.1, 0.15) is 20.8 Å². The lowest BCUT2D eigenvalue weighted by Gasteiger charge is -2.35. The number of rotatable bonds is 5. The van der Waals surface area contributed by atoms with E-state index in [1.165, 1.54) is 0 Å². The number of nitrogens with two attached hydrogens (primary N) is 1. The van der Waals surface area contributed by atoms with Crippen LogP contribution >= 0.6 is 0 Å². The molecule has 0 bridgehead atoms. The molecule has 4 aromatic rings. The third kappa shape index (κ3) is 4.28. The van der Waals surface area contributed by atoms with Crippen molar-refractivity contribution in [3.8, 4) is 22.8 Å². The minimum absolute atomic E-state index is 0.173. The lowest BCUT2D eigenvalue weighted by Crippen LogP contribution is -2.49. The van der Waals surface area contributed by atoms with Gasteiger partial charge in [0.1, 0.15) is 0 Å². The largest absolute Gasteiger partial charge is 0.435 e. The number of anilines is 1. The lowest BCUT2D eigenvalue weighted by molar-refractivity contribution is 0.0741. The SMILES string of the molecule is NC(=O)c1ccc(-c2oc(-c3ccccc3)nc2C(=O)N2CCN(c3ccccc3)CC2)cc1. The van der Waals surface area contributed by atoms with E-state index in [-0.39, 0.29) is 11.6 Å². The van der Waals surface area contributed by atoms with E-state index in [4.69, 9.17) is 10.2 Å². The van der Waals surface area contributed by atoms with Gasteiger partial charge < -0.3 is 20.0 Å². The van der Waals surface area contributed by atoms with E-state index < -0.39 is 5.91 Å². The highest BCUT2D eigenvalue weighted by molar-refractivity contribution is 5.99. The Hall–Kier alpha value is -4.39. The Balaban J connectivity index is 1.44. The number of carbonyl (C=O) groups is 2. The highest BCUT2D eigenvalue weighted by atomic mass is 16.4. The van der Waals surface area contributed by atoms with Crippen molar-refractivity contribution in [3.63, 3.8) is 0 Å². The zero-order valence-electron chi connectivity index (χ0n) is 18.6. The predicted molar refractivity (Wildman–Crippen MR) is 130 cm³/mol. The minimum Gasteiger partial charge on any atom is -0.435 e. The van der Waals surface area contributed by atoms with Crippen molar-refractivity contribution >= 4 is 17.5 Å². The molecule has 1 saturated heterocycles. The van der Waals surface area contributed by atoms with Crippen molar-refractivity contribution in [1.82, 2.24) is 9.88 Å². The van der Waals surface area contributed by atoms with Crippen LogP contribution in [-0.2, 0) is 0 Å². The summed E-state index contributed by atoms with van der Waals surface area (Å²) in [4.78, 5) is 33.7. The molecule has 34 heavy (non-hydrogen) atoms. The Morgan fingerprint density at radius 1 is 0.765 bits per heavy atom. The fourth-order valence-corrected chi connectivity index (χ4v) is 4.11. The third-order valence-electron chi connectivity index (χ3n) is 5.97. The molecule has 2 heterocycles. The number of para-hydroxylation sites is 1. The number of piperazine rings is 1. The van der Waals surface area contributed by atoms with E-state index >= 15 is 0 Å². The van der Waals surface area contributed by atoms with Crippen LogP contribution in [0, 0.1) is 0 Å². The molecule has 1 aromatic heterocycles. The third-order valence-corrected chi connectivity index (χ3v) is 5.97. The molecule has 0 saturated carbocycles. The van der Waals surface area contributed by atoms with E-state index in [0.717, 1.165) is 24.3 Å². The van der Waals surface area contributed by atoms with Crippen molar-refractivity contribution in [3.05, 3.63) is 96.2 Å². The number of amides is 2. The molecule has 0 spiro atoms. The fraction of sp³-hybridized carbons (Fsp3) is 0.148. The van der Waals surface area contributed by atoms with Crippen LogP contribution in [-0.4, -0.2) is 47.9 Å². The molecule has 1 aliphatic rings. The Labute approximate surface area is 197 Å². The fourth-order valence-electron chi connectivity index (χ4n) is 4.11. The van der Waals surface area contributed by atoms with Crippen molar-refractivity contribution in [2.45, 2.75) is 0 Å². The summed E-state index contributed by atoms with van der Waals surface area (Å²) in [6.07, 6.45) is 0. The number of aromatic nitrogens is 1. The van der Waals surface area contributed by atoms with Crippen molar-refractivity contribution < 1.29 is 14.0 Å². The maximum absolute atomic E-state index is 13.6. The summed E-state index contributed by atoms with van der Waals surface area (Å²) in [5.74, 6) is 0.0699. The summed E-state index contributed by atoms with van der Waals surface area (Å²) in [6, 6.07) is 26.3. The average molecular weight is 453 g/mol. The molecular formula is C27H24N4O3. The Morgan fingerprint density at radius 2 is 1.38 bits per heavy atom. The Bertz CT molecular complexity index is 1290. The van der Waals surface area contributed by atoms with Crippen LogP contribution in [0.25, 0.3) is 22.8 Å². The van der Waals surface area contributed by atoms with Gasteiger partial charge in [-0.1, -0.05) is 48.5 Å². The molecule has 0 aliphatic carbocycles. The number of hydrogen-bond donors (Lipinski definition) is 1. The van der Waals surface area contributed by atoms with E-state index in [9.17, 15) is 9.59 Å². The van der Waals surface area contributed by atoms with Gasteiger partial charge in [0.05, 0.1) is 0 Å². The van der Waals surface area contributed by atoms with Gasteiger partial charge in [-0.2, -0.15) is 0 Å². The van der Waals surface area contributed by atoms with Gasteiger partial charge in [0.25, 0.3) is 5.91 Å². The first-order chi connectivity index (χ1) is 16.6. The maximum atomic E-state index is 13.6. The number of benzene rings is 3. The van der Waals surface area contributed by atoms with Crippen molar-refractivity contribution in [2.75, 3.05) is 31.1 Å². The summed E-state index contributed by atoms with van der Waals surface area (Å²) in [5, 5.41) is 0. The average Bonchev–Trinajstić information content (AvgIpc) is 3.35. The van der Waals surface area contributed by atoms with Gasteiger partial charge in [0, 0.05) is 48.6 Å². The Kier molecular flexibility index (Phi) is 5.82. The number of hydrogen-bond acceptors (Lipinski definition) is 5. The van der Waals surface area contributed by atoms with Crippen LogP contribution < -0.4 is 10.6 Å². The predicted octanol–water partition coefficient (Wildman–Crippen LogP) is 4.07. The van der Waals surface area contributed by atoms with Crippen LogP contribution in [0.2, 0.25) is 0 Å². The van der Waals surface area contributed by atoms with Gasteiger partial charge in [-0.25, -0.2) is 4.98 Å². The molecule has 7 nitrogen and oxygen atoms in total. The molecule has 0 radical (unpaired) electrons. The second-order valence-corrected chi connectivity index (χ2v) is 8.12. The quantitative estimate of drug-likeness (QED) is 0.493. The van der Waals surface area contributed by atoms with Gasteiger partial charge in [-0.15, -0.1) is 0 Å². The standard InChI is InChI=1S/C27H24N4O3/c28-25(32)20-13-11-19(12-14-20)24-23(29-26(34-24)21-7-3-1-4-8-21)27(33)31-17-15-30(16-18-31)22-9-5-2-6-10-22/h1-14H,15-18H2,(H2,28,32). The molecule has 2 N–H and O–H groups in total. The second kappa shape index (κ2) is 9.23. The highest BCUT2D eigenvalue weighted by Crippen LogP contribution is 2.31. The zero-order valence-corrected chi connectivity index (χ0v) is 18.6. The van der Waals surface area contributed by atoms with Crippen LogP contribution in [0.15, 0.2) is 89.3 Å². The van der Waals surface area contributed by atoms with Gasteiger partial charge in [-0.3, -0.25) is 9.59 Å². The monoisotopic (exact) mass is 452 g/mol. The van der Waals surface area contributed by atoms with Gasteiger partial charge >= 0.3 is 0 Å². The van der Waals surface area contributed by atoms with Crippen LogP contribution in [0.5, 0.6) is 0 Å². The first-order valence-corrected chi connectivity index (χ1v) is 11.2. The summed E-state index contributed by atoms with van der Waals surface area (Å²) < 4.78 is 6.10. The molecule has 0 atom stereocenters. The van der Waals surface area contributed by atoms with Crippen molar-refractivity contribution in [1.29, 1.82) is 0 Å².